The van der Waals surface area contributed by atoms with Crippen molar-refractivity contribution in [1.29, 1.82) is 0 Å². The maximum absolute atomic E-state index is 14.0. The zero-order chi connectivity index (χ0) is 21.9. The van der Waals surface area contributed by atoms with E-state index in [4.69, 9.17) is 10.5 Å². The average molecular weight is 421 g/mol. The van der Waals surface area contributed by atoms with Gasteiger partial charge in [0.15, 0.2) is 11.6 Å². The van der Waals surface area contributed by atoms with Crippen LogP contribution in [-0.4, -0.2) is 17.3 Å². The first-order valence-electron chi connectivity index (χ1n) is 8.48. The quantitative estimate of drug-likeness (QED) is 0.563. The summed E-state index contributed by atoms with van der Waals surface area (Å²) in [6, 6.07) is 11.6. The van der Waals surface area contributed by atoms with Crippen molar-refractivity contribution < 1.29 is 31.8 Å². The lowest BCUT2D eigenvalue weighted by molar-refractivity contribution is -0.274. The Balaban J connectivity index is 1.66. The predicted octanol–water partition coefficient (Wildman–Crippen LogP) is 5.05. The summed E-state index contributed by atoms with van der Waals surface area (Å²) in [5.74, 6) is -2.18. The molecule has 0 radical (unpaired) electrons. The summed E-state index contributed by atoms with van der Waals surface area (Å²) in [6.07, 6.45) is -4.92. The van der Waals surface area contributed by atoms with Crippen molar-refractivity contribution in [2.45, 2.75) is 13.3 Å². The van der Waals surface area contributed by atoms with Gasteiger partial charge in [-0.3, -0.25) is 4.79 Å². The zero-order valence-electron chi connectivity index (χ0n) is 15.5. The number of ether oxygens (including phenoxy) is 2. The molecule has 3 rings (SSSR count). The summed E-state index contributed by atoms with van der Waals surface area (Å²) in [7, 11) is 0. The molecule has 1 aromatic heterocycles. The summed E-state index contributed by atoms with van der Waals surface area (Å²) in [4.78, 5) is 16.3. The Morgan fingerprint density at radius 1 is 1.03 bits per heavy atom. The second kappa shape index (κ2) is 8.27. The minimum atomic E-state index is -4.92. The third kappa shape index (κ3) is 5.37. The van der Waals surface area contributed by atoms with Crippen LogP contribution in [-0.2, 0) is 0 Å². The van der Waals surface area contributed by atoms with Gasteiger partial charge in [-0.05, 0) is 55.5 Å². The van der Waals surface area contributed by atoms with Gasteiger partial charge in [0.1, 0.15) is 17.3 Å². The Bertz CT molecular complexity index is 1070. The Kier molecular flexibility index (Phi) is 5.77. The number of aromatic nitrogens is 1. The van der Waals surface area contributed by atoms with E-state index in [9.17, 15) is 22.4 Å². The normalized spacial score (nSPS) is 11.1. The highest BCUT2D eigenvalue weighted by atomic mass is 19.4. The minimum Gasteiger partial charge on any atom is -0.454 e. The first-order chi connectivity index (χ1) is 14.1. The highest BCUT2D eigenvalue weighted by molar-refractivity contribution is 6.07. The number of nitrogens with zero attached hydrogens (tertiary/aromatic N) is 1. The van der Waals surface area contributed by atoms with Gasteiger partial charge >= 0.3 is 6.36 Å². The molecular formula is C20H15F4N3O3. The lowest BCUT2D eigenvalue weighted by Crippen LogP contribution is -2.17. The van der Waals surface area contributed by atoms with Crippen LogP contribution >= 0.6 is 0 Å². The van der Waals surface area contributed by atoms with E-state index >= 15 is 0 Å². The van der Waals surface area contributed by atoms with Crippen LogP contribution < -0.4 is 20.5 Å². The molecule has 0 bridgehead atoms. The molecular weight excluding hydrogens is 406 g/mol. The smallest absolute Gasteiger partial charge is 0.454 e. The first-order valence-corrected chi connectivity index (χ1v) is 8.48. The van der Waals surface area contributed by atoms with E-state index in [0.29, 0.717) is 17.4 Å². The van der Waals surface area contributed by atoms with E-state index in [1.165, 1.54) is 24.3 Å². The second-order valence-electron chi connectivity index (χ2n) is 6.11. The molecule has 0 atom stereocenters. The van der Waals surface area contributed by atoms with E-state index in [1.807, 2.05) is 0 Å². The van der Waals surface area contributed by atoms with Gasteiger partial charge < -0.3 is 20.5 Å². The number of nitrogens with one attached hydrogen (secondary N) is 1. The monoisotopic (exact) mass is 421 g/mol. The molecule has 0 saturated heterocycles. The Hall–Kier alpha value is -3.82. The van der Waals surface area contributed by atoms with Gasteiger partial charge in [0.25, 0.3) is 5.91 Å². The minimum absolute atomic E-state index is 0.0980. The number of hydrogen-bond donors (Lipinski definition) is 2. The van der Waals surface area contributed by atoms with Crippen LogP contribution in [0.1, 0.15) is 16.1 Å². The van der Waals surface area contributed by atoms with Crippen LogP contribution in [0.2, 0.25) is 0 Å². The van der Waals surface area contributed by atoms with Crippen molar-refractivity contribution in [3.05, 3.63) is 71.7 Å². The summed E-state index contributed by atoms with van der Waals surface area (Å²) in [5, 5.41) is 2.64. The van der Waals surface area contributed by atoms with Crippen LogP contribution in [0, 0.1) is 12.7 Å². The molecule has 0 fully saturated rings. The van der Waals surface area contributed by atoms with E-state index in [0.717, 1.165) is 12.1 Å². The van der Waals surface area contributed by atoms with Crippen molar-refractivity contribution in [1.82, 2.24) is 4.98 Å². The predicted molar refractivity (Wildman–Crippen MR) is 101 cm³/mol. The van der Waals surface area contributed by atoms with Gasteiger partial charge in [-0.2, -0.15) is 0 Å². The summed E-state index contributed by atoms with van der Waals surface area (Å²) >= 11 is 0. The number of nitrogens with two attached hydrogens (primary N) is 1. The SMILES string of the molecule is Cc1ccc(C(=O)Nc2ccc(Oc3ccc(OC(F)(F)F)cc3F)cc2)c(N)n1. The van der Waals surface area contributed by atoms with Gasteiger partial charge in [-0.1, -0.05) is 0 Å². The number of carbonyl (C=O) groups excluding carboxylic acids is 1. The Morgan fingerprint density at radius 2 is 1.70 bits per heavy atom. The number of benzene rings is 2. The number of pyridine rings is 1. The van der Waals surface area contributed by atoms with Gasteiger partial charge in [0, 0.05) is 17.4 Å². The molecule has 1 heterocycles. The average Bonchev–Trinajstić information content (AvgIpc) is 2.64. The van der Waals surface area contributed by atoms with E-state index in [-0.39, 0.29) is 22.9 Å². The van der Waals surface area contributed by atoms with Crippen LogP contribution in [0.15, 0.2) is 54.6 Å². The number of alkyl halides is 3. The number of rotatable bonds is 5. The maximum Gasteiger partial charge on any atom is 0.573 e. The number of halogens is 4. The third-order valence-electron chi connectivity index (χ3n) is 3.79. The molecule has 1 amide bonds. The Morgan fingerprint density at radius 3 is 2.30 bits per heavy atom. The largest absolute Gasteiger partial charge is 0.573 e. The van der Waals surface area contributed by atoms with Crippen molar-refractivity contribution in [2.24, 2.45) is 0 Å². The lowest BCUT2D eigenvalue weighted by Gasteiger charge is -2.12. The molecule has 0 aliphatic carbocycles. The van der Waals surface area contributed by atoms with Crippen LogP contribution in [0.4, 0.5) is 29.1 Å². The molecule has 0 saturated carbocycles. The lowest BCUT2D eigenvalue weighted by atomic mass is 10.2. The number of hydrogen-bond acceptors (Lipinski definition) is 5. The summed E-state index contributed by atoms with van der Waals surface area (Å²) < 4.78 is 59.5. The molecule has 3 N–H and O–H groups in total. The van der Waals surface area contributed by atoms with Crippen LogP contribution in [0.5, 0.6) is 17.2 Å². The van der Waals surface area contributed by atoms with Crippen LogP contribution in [0.3, 0.4) is 0 Å². The molecule has 0 aliphatic heterocycles. The molecule has 0 unspecified atom stereocenters. The topological polar surface area (TPSA) is 86.5 Å². The van der Waals surface area contributed by atoms with Crippen molar-refractivity contribution >= 4 is 17.4 Å². The number of carbonyl (C=O) groups is 1. The fourth-order valence-electron chi connectivity index (χ4n) is 2.46. The standard InChI is InChI=1S/C20H15F4N3O3/c1-11-2-8-15(18(25)26-11)19(28)27-12-3-5-13(6-4-12)29-17-9-7-14(10-16(17)21)30-20(22,23)24/h2-10H,1H3,(H2,25,26)(H,27,28). The molecule has 6 nitrogen and oxygen atoms in total. The van der Waals surface area contributed by atoms with Gasteiger partial charge in [0.05, 0.1) is 5.56 Å². The van der Waals surface area contributed by atoms with E-state index in [1.54, 1.807) is 19.1 Å². The van der Waals surface area contributed by atoms with Crippen molar-refractivity contribution in [3.63, 3.8) is 0 Å². The van der Waals surface area contributed by atoms with Gasteiger partial charge in [-0.15, -0.1) is 13.2 Å². The van der Waals surface area contributed by atoms with Crippen LogP contribution in [0.25, 0.3) is 0 Å². The number of aryl methyl sites for hydroxylation is 1. The van der Waals surface area contributed by atoms with Crippen molar-refractivity contribution in [3.8, 4) is 17.2 Å². The molecule has 0 aliphatic rings. The first kappa shape index (κ1) is 20.9. The molecule has 2 aromatic carbocycles. The highest BCUT2D eigenvalue weighted by Crippen LogP contribution is 2.30. The Labute approximate surface area is 168 Å². The summed E-state index contributed by atoms with van der Waals surface area (Å²) in [5.41, 5.74) is 7.05. The van der Waals surface area contributed by atoms with Gasteiger partial charge in [0.2, 0.25) is 0 Å². The number of amides is 1. The molecule has 3 aromatic rings. The molecule has 10 heteroatoms. The van der Waals surface area contributed by atoms with E-state index < -0.39 is 23.8 Å². The third-order valence-corrected chi connectivity index (χ3v) is 3.79. The fraction of sp³-hybridized carbons (Fsp3) is 0.100. The molecule has 0 spiro atoms. The fourth-order valence-corrected chi connectivity index (χ4v) is 2.46. The second-order valence-corrected chi connectivity index (χ2v) is 6.11. The molecule has 30 heavy (non-hydrogen) atoms. The number of nitrogen functional groups attached to an aromatic ring is 1. The van der Waals surface area contributed by atoms with Crippen molar-refractivity contribution in [2.75, 3.05) is 11.1 Å². The van der Waals surface area contributed by atoms with E-state index in [2.05, 4.69) is 15.0 Å². The maximum atomic E-state index is 14.0. The molecule has 156 valence electrons. The highest BCUT2D eigenvalue weighted by Gasteiger charge is 2.31. The summed E-state index contributed by atoms with van der Waals surface area (Å²) in [6.45, 7) is 1.75. The number of anilines is 2. The van der Waals surface area contributed by atoms with Gasteiger partial charge in [-0.25, -0.2) is 9.37 Å². The zero-order valence-corrected chi connectivity index (χ0v) is 15.5.